The fraction of sp³-hybridized carbons (Fsp3) is 0.120. The predicted octanol–water partition coefficient (Wildman–Crippen LogP) is 4.32. The predicted molar refractivity (Wildman–Crippen MR) is 124 cm³/mol. The van der Waals surface area contributed by atoms with Gasteiger partial charge in [-0.05, 0) is 42.0 Å². The van der Waals surface area contributed by atoms with E-state index in [-0.39, 0.29) is 18.0 Å². The molecule has 166 valence electrons. The molecule has 4 aromatic rings. The number of carbonyl (C=O) groups is 1. The van der Waals surface area contributed by atoms with Gasteiger partial charge in [0.1, 0.15) is 5.75 Å². The summed E-state index contributed by atoms with van der Waals surface area (Å²) in [5.74, 6) is 0.604. The Morgan fingerprint density at radius 2 is 1.73 bits per heavy atom. The highest BCUT2D eigenvalue weighted by Crippen LogP contribution is 2.26. The standard InChI is InChI=1S/C25H22N4O4/c1-33-23-13-7-18(8-14-23)16-26-24(30)15-20-17-28(21-5-3-2-4-6-21)27-25(20)19-9-11-22(12-10-19)29(31)32/h2-14,17H,15-16H2,1H3,(H,26,30). The van der Waals surface area contributed by atoms with Crippen LogP contribution in [0.2, 0.25) is 0 Å². The van der Waals surface area contributed by atoms with E-state index in [1.54, 1.807) is 23.9 Å². The summed E-state index contributed by atoms with van der Waals surface area (Å²) in [5, 5.41) is 18.6. The molecule has 0 aliphatic carbocycles. The number of rotatable bonds is 8. The SMILES string of the molecule is COc1ccc(CNC(=O)Cc2cn(-c3ccccc3)nc2-c2ccc([N+](=O)[O-])cc2)cc1. The van der Waals surface area contributed by atoms with Crippen LogP contribution in [0.1, 0.15) is 11.1 Å². The van der Waals surface area contributed by atoms with E-state index in [0.29, 0.717) is 17.8 Å². The molecule has 8 heteroatoms. The third-order valence-electron chi connectivity index (χ3n) is 5.16. The van der Waals surface area contributed by atoms with Crippen LogP contribution in [-0.2, 0) is 17.8 Å². The number of ether oxygens (including phenoxy) is 1. The van der Waals surface area contributed by atoms with Gasteiger partial charge in [0.05, 0.1) is 29.8 Å². The molecule has 33 heavy (non-hydrogen) atoms. The molecule has 0 saturated heterocycles. The highest BCUT2D eigenvalue weighted by Gasteiger charge is 2.16. The Kier molecular flexibility index (Phi) is 6.45. The van der Waals surface area contributed by atoms with Gasteiger partial charge in [0.2, 0.25) is 5.91 Å². The zero-order valence-electron chi connectivity index (χ0n) is 18.0. The molecule has 0 radical (unpaired) electrons. The lowest BCUT2D eigenvalue weighted by Crippen LogP contribution is -2.24. The lowest BCUT2D eigenvalue weighted by molar-refractivity contribution is -0.384. The zero-order chi connectivity index (χ0) is 23.2. The maximum absolute atomic E-state index is 12.7. The molecule has 3 aromatic carbocycles. The summed E-state index contributed by atoms with van der Waals surface area (Å²) in [5.41, 5.74) is 3.84. The van der Waals surface area contributed by atoms with E-state index in [1.165, 1.54) is 12.1 Å². The second-order valence-electron chi connectivity index (χ2n) is 7.39. The molecule has 1 amide bonds. The summed E-state index contributed by atoms with van der Waals surface area (Å²) >= 11 is 0. The molecule has 0 spiro atoms. The van der Waals surface area contributed by atoms with Crippen LogP contribution in [0.3, 0.4) is 0 Å². The topological polar surface area (TPSA) is 99.3 Å². The molecule has 0 unspecified atom stereocenters. The highest BCUT2D eigenvalue weighted by atomic mass is 16.6. The monoisotopic (exact) mass is 442 g/mol. The van der Waals surface area contributed by atoms with Crippen molar-refractivity contribution in [2.24, 2.45) is 0 Å². The number of hydrogen-bond acceptors (Lipinski definition) is 5. The first kappa shape index (κ1) is 21.8. The molecule has 8 nitrogen and oxygen atoms in total. The van der Waals surface area contributed by atoms with E-state index in [4.69, 9.17) is 4.74 Å². The lowest BCUT2D eigenvalue weighted by atomic mass is 10.1. The summed E-state index contributed by atoms with van der Waals surface area (Å²) in [4.78, 5) is 23.3. The first-order chi connectivity index (χ1) is 16.0. The summed E-state index contributed by atoms with van der Waals surface area (Å²) in [6, 6.07) is 23.2. The first-order valence-corrected chi connectivity index (χ1v) is 10.3. The van der Waals surface area contributed by atoms with Crippen LogP contribution in [-0.4, -0.2) is 27.7 Å². The number of nitro groups is 1. The van der Waals surface area contributed by atoms with E-state index < -0.39 is 4.92 Å². The van der Waals surface area contributed by atoms with Crippen molar-refractivity contribution in [3.63, 3.8) is 0 Å². The first-order valence-electron chi connectivity index (χ1n) is 10.3. The number of non-ortho nitro benzene ring substituents is 1. The Labute approximate surface area is 190 Å². The van der Waals surface area contributed by atoms with Crippen molar-refractivity contribution in [3.8, 4) is 22.7 Å². The van der Waals surface area contributed by atoms with E-state index in [2.05, 4.69) is 10.4 Å². The van der Waals surface area contributed by atoms with Crippen LogP contribution in [0, 0.1) is 10.1 Å². The van der Waals surface area contributed by atoms with Crippen LogP contribution in [0.25, 0.3) is 16.9 Å². The van der Waals surface area contributed by atoms with Crippen LogP contribution >= 0.6 is 0 Å². The second-order valence-corrected chi connectivity index (χ2v) is 7.39. The van der Waals surface area contributed by atoms with Gasteiger partial charge in [-0.25, -0.2) is 4.68 Å². The van der Waals surface area contributed by atoms with Crippen LogP contribution in [0.4, 0.5) is 5.69 Å². The minimum atomic E-state index is -0.445. The molecule has 0 bridgehead atoms. The van der Waals surface area contributed by atoms with E-state index in [1.807, 2.05) is 60.8 Å². The van der Waals surface area contributed by atoms with E-state index in [9.17, 15) is 14.9 Å². The Morgan fingerprint density at radius 1 is 1.03 bits per heavy atom. The number of benzene rings is 3. The average molecular weight is 442 g/mol. The molecule has 4 rings (SSSR count). The molecule has 0 fully saturated rings. The Balaban J connectivity index is 1.56. The lowest BCUT2D eigenvalue weighted by Gasteiger charge is -2.07. The molecule has 1 N–H and O–H groups in total. The summed E-state index contributed by atoms with van der Waals surface area (Å²) in [7, 11) is 1.61. The van der Waals surface area contributed by atoms with Gasteiger partial charge in [-0.3, -0.25) is 14.9 Å². The van der Waals surface area contributed by atoms with E-state index >= 15 is 0 Å². The fourth-order valence-electron chi connectivity index (χ4n) is 3.42. The van der Waals surface area contributed by atoms with Crippen molar-refractivity contribution in [2.45, 2.75) is 13.0 Å². The van der Waals surface area contributed by atoms with Crippen molar-refractivity contribution in [1.82, 2.24) is 15.1 Å². The number of hydrogen-bond donors (Lipinski definition) is 1. The number of carbonyl (C=O) groups excluding carboxylic acids is 1. The molecular formula is C25H22N4O4. The van der Waals surface area contributed by atoms with Crippen molar-refractivity contribution >= 4 is 11.6 Å². The third kappa shape index (κ3) is 5.24. The summed E-state index contributed by atoms with van der Waals surface area (Å²) < 4.78 is 6.87. The quantitative estimate of drug-likeness (QED) is 0.324. The maximum Gasteiger partial charge on any atom is 0.269 e. The Hall–Kier alpha value is -4.46. The third-order valence-corrected chi connectivity index (χ3v) is 5.16. The molecule has 1 heterocycles. The van der Waals surface area contributed by atoms with Gasteiger partial charge in [-0.15, -0.1) is 0 Å². The smallest absolute Gasteiger partial charge is 0.269 e. The number of nitrogens with zero attached hydrogens (tertiary/aromatic N) is 3. The number of aromatic nitrogens is 2. The average Bonchev–Trinajstić information content (AvgIpc) is 3.27. The Bertz CT molecular complexity index is 1250. The molecule has 0 aliphatic rings. The van der Waals surface area contributed by atoms with Gasteiger partial charge in [-0.2, -0.15) is 5.10 Å². The maximum atomic E-state index is 12.7. The summed E-state index contributed by atoms with van der Waals surface area (Å²) in [6.45, 7) is 0.391. The molecule has 0 atom stereocenters. The number of para-hydroxylation sites is 1. The van der Waals surface area contributed by atoms with Gasteiger partial charge in [0.25, 0.3) is 5.69 Å². The molecular weight excluding hydrogens is 420 g/mol. The van der Waals surface area contributed by atoms with Gasteiger partial charge in [0.15, 0.2) is 0 Å². The van der Waals surface area contributed by atoms with Crippen LogP contribution < -0.4 is 10.1 Å². The van der Waals surface area contributed by atoms with Crippen molar-refractivity contribution in [1.29, 1.82) is 0 Å². The Morgan fingerprint density at radius 3 is 2.36 bits per heavy atom. The molecule has 0 aliphatic heterocycles. The van der Waals surface area contributed by atoms with Crippen molar-refractivity contribution in [2.75, 3.05) is 7.11 Å². The van der Waals surface area contributed by atoms with Gasteiger partial charge in [-0.1, -0.05) is 30.3 Å². The van der Waals surface area contributed by atoms with Crippen molar-refractivity contribution < 1.29 is 14.5 Å². The highest BCUT2D eigenvalue weighted by molar-refractivity contribution is 5.81. The van der Waals surface area contributed by atoms with Gasteiger partial charge >= 0.3 is 0 Å². The van der Waals surface area contributed by atoms with Crippen LogP contribution in [0.15, 0.2) is 85.1 Å². The fourth-order valence-corrected chi connectivity index (χ4v) is 3.42. The normalized spacial score (nSPS) is 10.6. The van der Waals surface area contributed by atoms with Crippen LogP contribution in [0.5, 0.6) is 5.75 Å². The minimum absolute atomic E-state index is 0.0000247. The number of amides is 1. The molecule has 0 saturated carbocycles. The number of nitro benzene ring substituents is 1. The minimum Gasteiger partial charge on any atom is -0.497 e. The van der Waals surface area contributed by atoms with E-state index in [0.717, 1.165) is 22.6 Å². The zero-order valence-corrected chi connectivity index (χ0v) is 18.0. The van der Waals surface area contributed by atoms with Gasteiger partial charge < -0.3 is 10.1 Å². The van der Waals surface area contributed by atoms with Crippen molar-refractivity contribution in [3.05, 3.63) is 106 Å². The largest absolute Gasteiger partial charge is 0.497 e. The second kappa shape index (κ2) is 9.78. The number of methoxy groups -OCH3 is 1. The molecule has 1 aromatic heterocycles. The van der Waals surface area contributed by atoms with Gasteiger partial charge in [0, 0.05) is 36.0 Å². The summed E-state index contributed by atoms with van der Waals surface area (Å²) in [6.07, 6.45) is 1.94. The number of nitrogens with one attached hydrogen (secondary N) is 1.